The van der Waals surface area contributed by atoms with Gasteiger partial charge in [0.2, 0.25) is 5.91 Å². The summed E-state index contributed by atoms with van der Waals surface area (Å²) in [7, 11) is 1.49. The minimum Gasteiger partial charge on any atom is -0.496 e. The van der Waals surface area contributed by atoms with E-state index in [9.17, 15) is 22.8 Å². The summed E-state index contributed by atoms with van der Waals surface area (Å²) < 4.78 is 49.9. The lowest BCUT2D eigenvalue weighted by Gasteiger charge is -2.32. The number of para-hydroxylation sites is 1. The van der Waals surface area contributed by atoms with Crippen molar-refractivity contribution in [1.29, 1.82) is 0 Å². The Morgan fingerprint density at radius 2 is 1.86 bits per heavy atom. The summed E-state index contributed by atoms with van der Waals surface area (Å²) in [6.07, 6.45) is -4.64. The molecule has 0 bridgehead atoms. The highest BCUT2D eigenvalue weighted by molar-refractivity contribution is 6.06. The number of carbonyl (C=O) groups is 2. The molecule has 0 saturated heterocycles. The minimum atomic E-state index is -4.55. The molecular formula is C21H16F3NO4. The summed E-state index contributed by atoms with van der Waals surface area (Å²) in [5.41, 5.74) is 0.363. The first-order valence-corrected chi connectivity index (χ1v) is 8.84. The Kier molecular flexibility index (Phi) is 4.56. The first-order valence-electron chi connectivity index (χ1n) is 8.84. The SMILES string of the molecule is COc1ccccc1[C@H]1CC(=O)N(c2cccc(C(F)(F)F)c2)C2=C1C(=O)OC2. The fourth-order valence-electron chi connectivity index (χ4n) is 3.80. The van der Waals surface area contributed by atoms with Crippen LogP contribution in [0.25, 0.3) is 0 Å². The number of hydrogen-bond donors (Lipinski definition) is 0. The molecule has 0 aromatic heterocycles. The van der Waals surface area contributed by atoms with Gasteiger partial charge in [-0.15, -0.1) is 0 Å². The summed E-state index contributed by atoms with van der Waals surface area (Å²) in [4.78, 5) is 26.6. The van der Waals surface area contributed by atoms with Crippen molar-refractivity contribution < 1.29 is 32.2 Å². The Balaban J connectivity index is 1.84. The third-order valence-electron chi connectivity index (χ3n) is 5.06. The van der Waals surface area contributed by atoms with Crippen LogP contribution < -0.4 is 9.64 Å². The van der Waals surface area contributed by atoms with Gasteiger partial charge in [-0.2, -0.15) is 13.2 Å². The van der Waals surface area contributed by atoms with Crippen molar-refractivity contribution >= 4 is 17.6 Å². The van der Waals surface area contributed by atoms with Gasteiger partial charge < -0.3 is 9.47 Å². The summed E-state index contributed by atoms with van der Waals surface area (Å²) in [6.45, 7) is -0.179. The van der Waals surface area contributed by atoms with Crippen LogP contribution in [0.3, 0.4) is 0 Å². The van der Waals surface area contributed by atoms with Crippen LogP contribution in [0.1, 0.15) is 23.5 Å². The number of halogens is 3. The lowest BCUT2D eigenvalue weighted by atomic mass is 9.83. The largest absolute Gasteiger partial charge is 0.496 e. The van der Waals surface area contributed by atoms with Gasteiger partial charge >= 0.3 is 12.1 Å². The highest BCUT2D eigenvalue weighted by Gasteiger charge is 2.44. The molecule has 2 aromatic carbocycles. The molecular weight excluding hydrogens is 387 g/mol. The highest BCUT2D eigenvalue weighted by Crippen LogP contribution is 2.44. The second-order valence-corrected chi connectivity index (χ2v) is 6.71. The zero-order valence-corrected chi connectivity index (χ0v) is 15.3. The second-order valence-electron chi connectivity index (χ2n) is 6.71. The number of cyclic esters (lactones) is 1. The van der Waals surface area contributed by atoms with E-state index in [0.717, 1.165) is 17.0 Å². The van der Waals surface area contributed by atoms with Gasteiger partial charge in [-0.25, -0.2) is 4.79 Å². The number of anilines is 1. The van der Waals surface area contributed by atoms with E-state index < -0.39 is 29.5 Å². The molecule has 1 amide bonds. The lowest BCUT2D eigenvalue weighted by molar-refractivity contribution is -0.138. The fourth-order valence-corrected chi connectivity index (χ4v) is 3.80. The summed E-state index contributed by atoms with van der Waals surface area (Å²) in [5.74, 6) is -1.08. The predicted molar refractivity (Wildman–Crippen MR) is 97.3 cm³/mol. The summed E-state index contributed by atoms with van der Waals surface area (Å²) in [6, 6.07) is 11.5. The molecule has 0 radical (unpaired) electrons. The van der Waals surface area contributed by atoms with Gasteiger partial charge in [-0.05, 0) is 24.3 Å². The summed E-state index contributed by atoms with van der Waals surface area (Å²) in [5, 5.41) is 0. The molecule has 0 fully saturated rings. The van der Waals surface area contributed by atoms with Crippen molar-refractivity contribution in [2.45, 2.75) is 18.5 Å². The molecule has 8 heteroatoms. The average Bonchev–Trinajstić information content (AvgIpc) is 3.08. The van der Waals surface area contributed by atoms with Gasteiger partial charge in [0.1, 0.15) is 12.4 Å². The molecule has 0 aliphatic carbocycles. The molecule has 2 heterocycles. The maximum atomic E-state index is 13.1. The smallest absolute Gasteiger partial charge is 0.416 e. The van der Waals surface area contributed by atoms with E-state index in [4.69, 9.17) is 9.47 Å². The number of esters is 1. The number of carbonyl (C=O) groups excluding carboxylic acids is 2. The molecule has 2 aliphatic heterocycles. The molecule has 5 nitrogen and oxygen atoms in total. The van der Waals surface area contributed by atoms with Crippen LogP contribution in [0.5, 0.6) is 5.75 Å². The maximum absolute atomic E-state index is 13.1. The number of ether oxygens (including phenoxy) is 2. The van der Waals surface area contributed by atoms with E-state index in [1.165, 1.54) is 19.2 Å². The van der Waals surface area contributed by atoms with Gasteiger partial charge in [-0.1, -0.05) is 24.3 Å². The van der Waals surface area contributed by atoms with Crippen molar-refractivity contribution in [2.75, 3.05) is 18.6 Å². The van der Waals surface area contributed by atoms with Crippen LogP contribution in [0.2, 0.25) is 0 Å². The van der Waals surface area contributed by atoms with E-state index in [2.05, 4.69) is 0 Å². The Hall–Kier alpha value is -3.29. The van der Waals surface area contributed by atoms with Crippen molar-refractivity contribution in [1.82, 2.24) is 0 Å². The quantitative estimate of drug-likeness (QED) is 0.726. The predicted octanol–water partition coefficient (Wildman–Crippen LogP) is 4.05. The second kappa shape index (κ2) is 6.95. The van der Waals surface area contributed by atoms with Crippen LogP contribution in [-0.4, -0.2) is 25.6 Å². The Labute approximate surface area is 164 Å². The fraction of sp³-hybridized carbons (Fsp3) is 0.238. The average molecular weight is 403 g/mol. The molecule has 2 aromatic rings. The van der Waals surface area contributed by atoms with Crippen molar-refractivity contribution in [3.8, 4) is 5.75 Å². The Bertz CT molecular complexity index is 1030. The van der Waals surface area contributed by atoms with Crippen molar-refractivity contribution in [3.63, 3.8) is 0 Å². The van der Waals surface area contributed by atoms with Gasteiger partial charge in [0.15, 0.2) is 0 Å². The van der Waals surface area contributed by atoms with Crippen molar-refractivity contribution in [3.05, 3.63) is 70.9 Å². The van der Waals surface area contributed by atoms with Crippen LogP contribution in [-0.2, 0) is 20.5 Å². The normalized spacial score (nSPS) is 19.3. The molecule has 2 aliphatic rings. The first kappa shape index (κ1) is 19.0. The molecule has 0 unspecified atom stereocenters. The number of amides is 1. The zero-order chi connectivity index (χ0) is 20.8. The molecule has 0 saturated carbocycles. The number of hydrogen-bond acceptors (Lipinski definition) is 4. The minimum absolute atomic E-state index is 0.0501. The highest BCUT2D eigenvalue weighted by atomic mass is 19.4. The molecule has 150 valence electrons. The third kappa shape index (κ3) is 3.24. The monoisotopic (exact) mass is 403 g/mol. The molecule has 1 atom stereocenters. The van der Waals surface area contributed by atoms with E-state index in [-0.39, 0.29) is 30.0 Å². The van der Waals surface area contributed by atoms with Crippen LogP contribution in [0.4, 0.5) is 18.9 Å². The zero-order valence-electron chi connectivity index (χ0n) is 15.3. The number of nitrogens with zero attached hydrogens (tertiary/aromatic N) is 1. The van der Waals surface area contributed by atoms with Gasteiger partial charge in [0.05, 0.1) is 23.9 Å². The van der Waals surface area contributed by atoms with Gasteiger partial charge in [0, 0.05) is 23.6 Å². The van der Waals surface area contributed by atoms with Crippen LogP contribution >= 0.6 is 0 Å². The molecule has 0 spiro atoms. The first-order chi connectivity index (χ1) is 13.8. The van der Waals surface area contributed by atoms with Gasteiger partial charge in [0.25, 0.3) is 0 Å². The van der Waals surface area contributed by atoms with Crippen LogP contribution in [0, 0.1) is 0 Å². The number of methoxy groups -OCH3 is 1. The van der Waals surface area contributed by atoms with Crippen LogP contribution in [0.15, 0.2) is 59.8 Å². The molecule has 4 rings (SSSR count). The van der Waals surface area contributed by atoms with E-state index in [1.54, 1.807) is 24.3 Å². The topological polar surface area (TPSA) is 55.8 Å². The standard InChI is InChI=1S/C21H16F3NO4/c1-28-17-8-3-2-7-14(17)15-10-18(26)25(16-11-29-20(27)19(15)16)13-6-4-5-12(9-13)21(22,23)24/h2-9,15H,10-11H2,1H3/t15-/m1/s1. The maximum Gasteiger partial charge on any atom is 0.416 e. The molecule has 29 heavy (non-hydrogen) atoms. The number of rotatable bonds is 3. The molecule has 0 N–H and O–H groups in total. The lowest BCUT2D eigenvalue weighted by Crippen LogP contribution is -2.37. The Morgan fingerprint density at radius 3 is 2.59 bits per heavy atom. The van der Waals surface area contributed by atoms with E-state index in [1.807, 2.05) is 0 Å². The van der Waals surface area contributed by atoms with E-state index >= 15 is 0 Å². The summed E-state index contributed by atoms with van der Waals surface area (Å²) >= 11 is 0. The van der Waals surface area contributed by atoms with Crippen molar-refractivity contribution in [2.24, 2.45) is 0 Å². The Morgan fingerprint density at radius 1 is 1.10 bits per heavy atom. The number of benzene rings is 2. The van der Waals surface area contributed by atoms with Gasteiger partial charge in [-0.3, -0.25) is 9.69 Å². The third-order valence-corrected chi connectivity index (χ3v) is 5.06. The van der Waals surface area contributed by atoms with E-state index in [0.29, 0.717) is 11.3 Å². The number of alkyl halides is 3.